The Hall–Kier alpha value is -1.05. The molecule has 1 N–H and O–H groups in total. The van der Waals surface area contributed by atoms with Crippen molar-refractivity contribution in [2.24, 2.45) is 5.92 Å². The van der Waals surface area contributed by atoms with E-state index in [9.17, 15) is 0 Å². The molecule has 0 amide bonds. The monoisotopic (exact) mass is 220 g/mol. The van der Waals surface area contributed by atoms with Crippen molar-refractivity contribution in [1.82, 2.24) is 4.98 Å². The van der Waals surface area contributed by atoms with Gasteiger partial charge in [0, 0.05) is 11.7 Å². The van der Waals surface area contributed by atoms with Gasteiger partial charge in [0.15, 0.2) is 0 Å². The van der Waals surface area contributed by atoms with Gasteiger partial charge < -0.3 is 5.32 Å². The number of hydrogen-bond donors (Lipinski definition) is 1. The minimum Gasteiger partial charge on any atom is -0.368 e. The largest absolute Gasteiger partial charge is 0.368 e. The third-order valence-electron chi connectivity index (χ3n) is 2.70. The van der Waals surface area contributed by atoms with Gasteiger partial charge in [-0.15, -0.1) is 0 Å². The Morgan fingerprint density at radius 1 is 1.19 bits per heavy atom. The second kappa shape index (κ2) is 6.51. The SMILES string of the molecule is Cc1cccc(NC(C)CCCC(C)C)n1. The van der Waals surface area contributed by atoms with Crippen LogP contribution in [-0.2, 0) is 0 Å². The predicted octanol–water partition coefficient (Wildman–Crippen LogP) is 4.02. The summed E-state index contributed by atoms with van der Waals surface area (Å²) in [6.07, 6.45) is 3.82. The second-order valence-corrected chi connectivity index (χ2v) is 5.03. The minimum atomic E-state index is 0.507. The van der Waals surface area contributed by atoms with Crippen molar-refractivity contribution in [2.45, 2.75) is 53.0 Å². The topological polar surface area (TPSA) is 24.9 Å². The van der Waals surface area contributed by atoms with E-state index in [0.717, 1.165) is 17.4 Å². The molecule has 0 saturated carbocycles. The molecule has 0 aliphatic carbocycles. The maximum absolute atomic E-state index is 4.45. The molecule has 0 aliphatic heterocycles. The summed E-state index contributed by atoms with van der Waals surface area (Å²) in [5, 5.41) is 3.45. The molecular formula is C14H24N2. The highest BCUT2D eigenvalue weighted by Crippen LogP contribution is 2.12. The van der Waals surface area contributed by atoms with Gasteiger partial charge in [0.25, 0.3) is 0 Å². The first kappa shape index (κ1) is 13.0. The lowest BCUT2D eigenvalue weighted by Gasteiger charge is -2.15. The van der Waals surface area contributed by atoms with E-state index < -0.39 is 0 Å². The number of anilines is 1. The summed E-state index contributed by atoms with van der Waals surface area (Å²) in [6.45, 7) is 8.80. The molecule has 1 unspecified atom stereocenters. The normalized spacial score (nSPS) is 12.8. The third kappa shape index (κ3) is 5.15. The molecule has 2 heteroatoms. The lowest BCUT2D eigenvalue weighted by atomic mass is 10.0. The van der Waals surface area contributed by atoms with Crippen LogP contribution in [0.3, 0.4) is 0 Å². The van der Waals surface area contributed by atoms with E-state index in [1.807, 2.05) is 25.1 Å². The van der Waals surface area contributed by atoms with Gasteiger partial charge >= 0.3 is 0 Å². The minimum absolute atomic E-state index is 0.507. The third-order valence-corrected chi connectivity index (χ3v) is 2.70. The van der Waals surface area contributed by atoms with Gasteiger partial charge in [-0.2, -0.15) is 0 Å². The maximum Gasteiger partial charge on any atom is 0.126 e. The van der Waals surface area contributed by atoms with Crippen LogP contribution < -0.4 is 5.32 Å². The van der Waals surface area contributed by atoms with Crippen LogP contribution in [0.2, 0.25) is 0 Å². The molecule has 0 spiro atoms. The first-order valence-corrected chi connectivity index (χ1v) is 6.28. The van der Waals surface area contributed by atoms with Crippen molar-refractivity contribution in [1.29, 1.82) is 0 Å². The average Bonchev–Trinajstić information content (AvgIpc) is 2.16. The smallest absolute Gasteiger partial charge is 0.126 e. The molecule has 1 heterocycles. The van der Waals surface area contributed by atoms with E-state index in [4.69, 9.17) is 0 Å². The van der Waals surface area contributed by atoms with Crippen molar-refractivity contribution >= 4 is 5.82 Å². The van der Waals surface area contributed by atoms with Gasteiger partial charge in [-0.25, -0.2) is 4.98 Å². The zero-order chi connectivity index (χ0) is 12.0. The molecular weight excluding hydrogens is 196 g/mol. The van der Waals surface area contributed by atoms with Crippen LogP contribution in [0, 0.1) is 12.8 Å². The summed E-state index contributed by atoms with van der Waals surface area (Å²) in [5.41, 5.74) is 1.07. The first-order valence-electron chi connectivity index (χ1n) is 6.28. The zero-order valence-corrected chi connectivity index (χ0v) is 11.0. The Bertz CT molecular complexity index is 307. The van der Waals surface area contributed by atoms with Crippen molar-refractivity contribution < 1.29 is 0 Å². The molecule has 16 heavy (non-hydrogen) atoms. The van der Waals surface area contributed by atoms with Crippen LogP contribution in [-0.4, -0.2) is 11.0 Å². The number of nitrogens with one attached hydrogen (secondary N) is 1. The van der Waals surface area contributed by atoms with Crippen molar-refractivity contribution in [3.05, 3.63) is 23.9 Å². The van der Waals surface area contributed by atoms with E-state index in [1.54, 1.807) is 0 Å². The maximum atomic E-state index is 4.45. The van der Waals surface area contributed by atoms with Gasteiger partial charge in [-0.05, 0) is 38.3 Å². The van der Waals surface area contributed by atoms with Gasteiger partial charge in [0.2, 0.25) is 0 Å². The van der Waals surface area contributed by atoms with Crippen LogP contribution in [0.25, 0.3) is 0 Å². The van der Waals surface area contributed by atoms with Crippen molar-refractivity contribution in [3.63, 3.8) is 0 Å². The number of aryl methyl sites for hydroxylation is 1. The molecule has 0 aromatic carbocycles. The summed E-state index contributed by atoms with van der Waals surface area (Å²) in [4.78, 5) is 4.45. The van der Waals surface area contributed by atoms with E-state index in [1.165, 1.54) is 19.3 Å². The van der Waals surface area contributed by atoms with E-state index >= 15 is 0 Å². The molecule has 90 valence electrons. The summed E-state index contributed by atoms with van der Waals surface area (Å²) in [5.74, 6) is 1.81. The van der Waals surface area contributed by atoms with E-state index in [0.29, 0.717) is 6.04 Å². The van der Waals surface area contributed by atoms with Crippen LogP contribution >= 0.6 is 0 Å². The Morgan fingerprint density at radius 3 is 2.56 bits per heavy atom. The molecule has 2 nitrogen and oxygen atoms in total. The van der Waals surface area contributed by atoms with E-state index in [-0.39, 0.29) is 0 Å². The first-order chi connectivity index (χ1) is 7.58. The number of nitrogens with zero attached hydrogens (tertiary/aromatic N) is 1. The van der Waals surface area contributed by atoms with Gasteiger partial charge in [0.1, 0.15) is 5.82 Å². The highest BCUT2D eigenvalue weighted by Gasteiger charge is 2.03. The van der Waals surface area contributed by atoms with Gasteiger partial charge in [-0.3, -0.25) is 0 Å². The molecule has 1 rings (SSSR count). The Morgan fingerprint density at radius 2 is 1.94 bits per heavy atom. The number of aromatic nitrogens is 1. The van der Waals surface area contributed by atoms with Crippen LogP contribution in [0.15, 0.2) is 18.2 Å². The Balaban J connectivity index is 2.31. The fraction of sp³-hybridized carbons (Fsp3) is 0.643. The van der Waals surface area contributed by atoms with Crippen molar-refractivity contribution in [2.75, 3.05) is 5.32 Å². The highest BCUT2D eigenvalue weighted by molar-refractivity contribution is 5.35. The molecule has 0 fully saturated rings. The lowest BCUT2D eigenvalue weighted by Crippen LogP contribution is -2.16. The summed E-state index contributed by atoms with van der Waals surface area (Å²) in [6, 6.07) is 6.61. The zero-order valence-electron chi connectivity index (χ0n) is 11.0. The number of pyridine rings is 1. The van der Waals surface area contributed by atoms with Crippen LogP contribution in [0.4, 0.5) is 5.82 Å². The Kier molecular flexibility index (Phi) is 5.30. The molecule has 1 aromatic heterocycles. The Labute approximate surface area is 99.5 Å². The molecule has 0 bridgehead atoms. The summed E-state index contributed by atoms with van der Waals surface area (Å²) < 4.78 is 0. The highest BCUT2D eigenvalue weighted by atomic mass is 15.0. The van der Waals surface area contributed by atoms with Crippen LogP contribution in [0.5, 0.6) is 0 Å². The standard InChI is InChI=1S/C14H24N2/c1-11(2)7-5-8-12(3)15-14-10-6-9-13(4)16-14/h6,9-12H,5,7-8H2,1-4H3,(H,15,16). The quantitative estimate of drug-likeness (QED) is 0.783. The summed E-state index contributed by atoms with van der Waals surface area (Å²) in [7, 11) is 0. The van der Waals surface area contributed by atoms with Crippen molar-refractivity contribution in [3.8, 4) is 0 Å². The average molecular weight is 220 g/mol. The van der Waals surface area contributed by atoms with Gasteiger partial charge in [-0.1, -0.05) is 32.8 Å². The van der Waals surface area contributed by atoms with E-state index in [2.05, 4.69) is 31.1 Å². The second-order valence-electron chi connectivity index (χ2n) is 5.03. The fourth-order valence-corrected chi connectivity index (χ4v) is 1.78. The molecule has 0 saturated heterocycles. The lowest BCUT2D eigenvalue weighted by molar-refractivity contribution is 0.520. The fourth-order valence-electron chi connectivity index (χ4n) is 1.78. The van der Waals surface area contributed by atoms with Gasteiger partial charge in [0.05, 0.1) is 0 Å². The summed E-state index contributed by atoms with van der Waals surface area (Å²) >= 11 is 0. The van der Waals surface area contributed by atoms with Crippen LogP contribution in [0.1, 0.15) is 45.7 Å². The number of hydrogen-bond acceptors (Lipinski definition) is 2. The number of rotatable bonds is 6. The molecule has 0 radical (unpaired) electrons. The molecule has 1 aromatic rings. The molecule has 1 atom stereocenters. The predicted molar refractivity (Wildman–Crippen MR) is 70.7 cm³/mol. The molecule has 0 aliphatic rings.